The quantitative estimate of drug-likeness (QED) is 0.285. The second kappa shape index (κ2) is 11.2. The number of nitrogens with one attached hydrogen (secondary N) is 1. The number of carbonyl (C=O) groups is 1. The Hall–Kier alpha value is -3.53. The summed E-state index contributed by atoms with van der Waals surface area (Å²) in [4.78, 5) is 12.3. The Morgan fingerprint density at radius 1 is 1.09 bits per heavy atom. The summed E-state index contributed by atoms with van der Waals surface area (Å²) in [7, 11) is 4.74. The summed E-state index contributed by atoms with van der Waals surface area (Å²) < 4.78 is 17.8. The fourth-order valence-corrected chi connectivity index (χ4v) is 3.78. The molecule has 0 spiro atoms. The molecule has 3 aromatic rings. The number of amides is 1. The van der Waals surface area contributed by atoms with E-state index in [1.807, 2.05) is 47.9 Å². The third kappa shape index (κ3) is 5.38. The third-order valence-electron chi connectivity index (χ3n) is 4.54. The van der Waals surface area contributed by atoms with Crippen molar-refractivity contribution in [2.24, 2.45) is 5.10 Å². The van der Waals surface area contributed by atoms with Crippen LogP contribution in [-0.4, -0.2) is 54.0 Å². The number of hydrogen-bond donors (Lipinski definition) is 1. The van der Waals surface area contributed by atoms with Crippen LogP contribution in [0, 0.1) is 0 Å². The molecular weight excluding hydrogens is 430 g/mol. The number of hydrazone groups is 1. The zero-order valence-corrected chi connectivity index (χ0v) is 19.2. The lowest BCUT2D eigenvalue weighted by Crippen LogP contribution is -2.20. The zero-order chi connectivity index (χ0) is 22.9. The van der Waals surface area contributed by atoms with Gasteiger partial charge in [0.25, 0.3) is 5.91 Å². The number of aromatic nitrogens is 3. The Balaban J connectivity index is 1.62. The minimum atomic E-state index is -0.259. The van der Waals surface area contributed by atoms with Gasteiger partial charge >= 0.3 is 0 Å². The van der Waals surface area contributed by atoms with Crippen molar-refractivity contribution in [1.29, 1.82) is 0 Å². The van der Waals surface area contributed by atoms with Crippen molar-refractivity contribution in [2.45, 2.75) is 18.6 Å². The minimum Gasteiger partial charge on any atom is -0.497 e. The number of benzene rings is 2. The Labute approximate surface area is 190 Å². The van der Waals surface area contributed by atoms with Crippen LogP contribution in [0.1, 0.15) is 12.5 Å². The largest absolute Gasteiger partial charge is 0.497 e. The van der Waals surface area contributed by atoms with Gasteiger partial charge in [0, 0.05) is 17.7 Å². The lowest BCUT2D eigenvalue weighted by atomic mass is 10.2. The normalized spacial score (nSPS) is 10.9. The molecule has 0 aliphatic heterocycles. The van der Waals surface area contributed by atoms with Gasteiger partial charge in [0.15, 0.2) is 22.5 Å². The number of hydrogen-bond acceptors (Lipinski definition) is 8. The molecule has 168 valence electrons. The molecule has 3 rings (SSSR count). The zero-order valence-electron chi connectivity index (χ0n) is 18.4. The molecule has 0 bridgehead atoms. The fraction of sp³-hybridized carbons (Fsp3) is 0.273. The highest BCUT2D eigenvalue weighted by molar-refractivity contribution is 7.99. The van der Waals surface area contributed by atoms with Gasteiger partial charge in [-0.1, -0.05) is 17.8 Å². The second-order valence-corrected chi connectivity index (χ2v) is 7.39. The van der Waals surface area contributed by atoms with Gasteiger partial charge in [-0.05, 0) is 43.3 Å². The summed E-state index contributed by atoms with van der Waals surface area (Å²) in [5.41, 5.74) is 4.13. The molecule has 0 unspecified atom stereocenters. The van der Waals surface area contributed by atoms with Crippen LogP contribution >= 0.6 is 11.8 Å². The Morgan fingerprint density at radius 3 is 2.53 bits per heavy atom. The number of ether oxygens (including phenoxy) is 3. The molecule has 0 aliphatic rings. The number of thioether (sulfide) groups is 1. The monoisotopic (exact) mass is 455 g/mol. The van der Waals surface area contributed by atoms with Crippen LogP contribution in [0.5, 0.6) is 17.2 Å². The van der Waals surface area contributed by atoms with Crippen LogP contribution in [0.15, 0.2) is 52.7 Å². The van der Waals surface area contributed by atoms with Crippen molar-refractivity contribution in [1.82, 2.24) is 20.2 Å². The molecule has 9 nitrogen and oxygen atoms in total. The predicted molar refractivity (Wildman–Crippen MR) is 124 cm³/mol. The smallest absolute Gasteiger partial charge is 0.250 e. The molecule has 1 aromatic heterocycles. The first-order valence-electron chi connectivity index (χ1n) is 9.84. The van der Waals surface area contributed by atoms with Gasteiger partial charge in [0.2, 0.25) is 0 Å². The SMILES string of the molecule is CCn1c(SCC(=O)N/N=C/c2cccc(OC)c2OC)nnc1-c1ccc(OC)cc1. The van der Waals surface area contributed by atoms with Gasteiger partial charge in [0.05, 0.1) is 33.3 Å². The molecule has 0 fully saturated rings. The van der Waals surface area contributed by atoms with E-state index in [-0.39, 0.29) is 11.7 Å². The number of nitrogens with zero attached hydrogens (tertiary/aromatic N) is 4. The van der Waals surface area contributed by atoms with E-state index in [1.165, 1.54) is 18.0 Å². The topological polar surface area (TPSA) is 99.9 Å². The number of methoxy groups -OCH3 is 3. The lowest BCUT2D eigenvalue weighted by Gasteiger charge is -2.09. The van der Waals surface area contributed by atoms with E-state index < -0.39 is 0 Å². The van der Waals surface area contributed by atoms with Crippen molar-refractivity contribution in [3.05, 3.63) is 48.0 Å². The van der Waals surface area contributed by atoms with Crippen molar-refractivity contribution in [2.75, 3.05) is 27.1 Å². The first-order chi connectivity index (χ1) is 15.6. The predicted octanol–water partition coefficient (Wildman–Crippen LogP) is 3.23. The second-order valence-electron chi connectivity index (χ2n) is 6.44. The first kappa shape index (κ1) is 23.1. The average Bonchev–Trinajstić information content (AvgIpc) is 3.25. The van der Waals surface area contributed by atoms with E-state index in [1.54, 1.807) is 27.4 Å². The van der Waals surface area contributed by atoms with E-state index in [4.69, 9.17) is 14.2 Å². The third-order valence-corrected chi connectivity index (χ3v) is 5.51. The van der Waals surface area contributed by atoms with Gasteiger partial charge < -0.3 is 18.8 Å². The molecule has 0 aliphatic carbocycles. The molecule has 10 heteroatoms. The minimum absolute atomic E-state index is 0.146. The molecule has 0 saturated carbocycles. The van der Waals surface area contributed by atoms with E-state index in [9.17, 15) is 4.79 Å². The molecule has 1 N–H and O–H groups in total. The molecule has 0 radical (unpaired) electrons. The maximum absolute atomic E-state index is 12.3. The molecule has 0 saturated heterocycles. The van der Waals surface area contributed by atoms with Crippen molar-refractivity contribution >= 4 is 23.9 Å². The van der Waals surface area contributed by atoms with Crippen LogP contribution in [0.25, 0.3) is 11.4 Å². The van der Waals surface area contributed by atoms with Gasteiger partial charge in [-0.15, -0.1) is 10.2 Å². The van der Waals surface area contributed by atoms with Gasteiger partial charge in [-0.25, -0.2) is 5.43 Å². The van der Waals surface area contributed by atoms with Crippen LogP contribution < -0.4 is 19.6 Å². The average molecular weight is 456 g/mol. The molecular formula is C22H25N5O4S. The van der Waals surface area contributed by atoms with Crippen LogP contribution in [-0.2, 0) is 11.3 Å². The standard InChI is InChI=1S/C22H25N5O4S/c1-5-27-21(15-9-11-17(29-2)12-10-15)25-26-22(27)32-14-19(28)24-23-13-16-7-6-8-18(30-3)20(16)31-4/h6-13H,5,14H2,1-4H3,(H,24,28)/b23-13+. The highest BCUT2D eigenvalue weighted by Gasteiger charge is 2.15. The summed E-state index contributed by atoms with van der Waals surface area (Å²) in [6.45, 7) is 2.68. The van der Waals surface area contributed by atoms with E-state index in [0.717, 1.165) is 17.1 Å². The molecule has 32 heavy (non-hydrogen) atoms. The highest BCUT2D eigenvalue weighted by atomic mass is 32.2. The number of carbonyl (C=O) groups excluding carboxylic acids is 1. The molecule has 1 heterocycles. The van der Waals surface area contributed by atoms with Gasteiger partial charge in [0.1, 0.15) is 5.75 Å². The van der Waals surface area contributed by atoms with Crippen LogP contribution in [0.2, 0.25) is 0 Å². The molecule has 2 aromatic carbocycles. The molecule has 1 amide bonds. The number of para-hydroxylation sites is 1. The van der Waals surface area contributed by atoms with Crippen LogP contribution in [0.4, 0.5) is 0 Å². The lowest BCUT2D eigenvalue weighted by molar-refractivity contribution is -0.118. The maximum Gasteiger partial charge on any atom is 0.250 e. The Bertz CT molecular complexity index is 1080. The Kier molecular flexibility index (Phi) is 8.09. The Morgan fingerprint density at radius 2 is 1.88 bits per heavy atom. The summed E-state index contributed by atoms with van der Waals surface area (Å²) in [5.74, 6) is 2.53. The summed E-state index contributed by atoms with van der Waals surface area (Å²) in [5, 5.41) is 13.2. The van der Waals surface area contributed by atoms with E-state index >= 15 is 0 Å². The van der Waals surface area contributed by atoms with Crippen molar-refractivity contribution in [3.8, 4) is 28.6 Å². The van der Waals surface area contributed by atoms with Crippen LogP contribution in [0.3, 0.4) is 0 Å². The summed E-state index contributed by atoms with van der Waals surface area (Å²) in [6, 6.07) is 13.0. The summed E-state index contributed by atoms with van der Waals surface area (Å²) >= 11 is 1.30. The fourth-order valence-electron chi connectivity index (χ4n) is 2.98. The maximum atomic E-state index is 12.3. The van der Waals surface area contributed by atoms with Gasteiger partial charge in [-0.3, -0.25) is 4.79 Å². The van der Waals surface area contributed by atoms with E-state index in [2.05, 4.69) is 20.7 Å². The summed E-state index contributed by atoms with van der Waals surface area (Å²) in [6.07, 6.45) is 1.51. The first-order valence-corrected chi connectivity index (χ1v) is 10.8. The van der Waals surface area contributed by atoms with E-state index in [0.29, 0.717) is 28.8 Å². The molecule has 0 atom stereocenters. The number of rotatable bonds is 10. The van der Waals surface area contributed by atoms with Crippen molar-refractivity contribution in [3.63, 3.8) is 0 Å². The van der Waals surface area contributed by atoms with Gasteiger partial charge in [-0.2, -0.15) is 5.10 Å². The van der Waals surface area contributed by atoms with Crippen molar-refractivity contribution < 1.29 is 19.0 Å². The highest BCUT2D eigenvalue weighted by Crippen LogP contribution is 2.29.